The number of aliphatic carboxylic acids is 1. The second-order valence-electron chi connectivity index (χ2n) is 3.89. The molecule has 16 heavy (non-hydrogen) atoms. The number of rotatable bonds is 2. The summed E-state index contributed by atoms with van der Waals surface area (Å²) in [6, 6.07) is 7.62. The van der Waals surface area contributed by atoms with Gasteiger partial charge in [0.05, 0.1) is 0 Å². The number of fused-ring (bicyclic) bond motifs is 1. The SMILES string of the molecule is N[C@@]1(C(=O)O)OC1c1c[nH]c2ccccc12. The predicted octanol–water partition coefficient (Wildman–Crippen LogP) is 0.979. The van der Waals surface area contributed by atoms with Crippen molar-refractivity contribution < 1.29 is 14.6 Å². The van der Waals surface area contributed by atoms with E-state index in [0.29, 0.717) is 0 Å². The predicted molar refractivity (Wildman–Crippen MR) is 56.7 cm³/mol. The molecule has 4 N–H and O–H groups in total. The molecule has 1 unspecified atom stereocenters. The fourth-order valence-electron chi connectivity index (χ4n) is 1.93. The average Bonchev–Trinajstić information content (AvgIpc) is 2.80. The first-order chi connectivity index (χ1) is 7.63. The van der Waals surface area contributed by atoms with Crippen LogP contribution in [0.15, 0.2) is 30.5 Å². The second-order valence-corrected chi connectivity index (χ2v) is 3.89. The third kappa shape index (κ3) is 1.09. The largest absolute Gasteiger partial charge is 0.478 e. The first-order valence-electron chi connectivity index (χ1n) is 4.89. The number of carboxylic acid groups (broad SMARTS) is 1. The van der Waals surface area contributed by atoms with Crippen LogP contribution in [0.2, 0.25) is 0 Å². The van der Waals surface area contributed by atoms with Gasteiger partial charge >= 0.3 is 5.97 Å². The van der Waals surface area contributed by atoms with Gasteiger partial charge in [0, 0.05) is 22.7 Å². The van der Waals surface area contributed by atoms with E-state index in [9.17, 15) is 4.79 Å². The third-order valence-corrected chi connectivity index (χ3v) is 2.88. The van der Waals surface area contributed by atoms with Crippen LogP contribution in [0.5, 0.6) is 0 Å². The molecule has 82 valence electrons. The molecule has 1 aliphatic heterocycles. The van der Waals surface area contributed by atoms with Gasteiger partial charge in [0.2, 0.25) is 5.72 Å². The third-order valence-electron chi connectivity index (χ3n) is 2.88. The summed E-state index contributed by atoms with van der Waals surface area (Å²) in [6.07, 6.45) is 1.17. The number of carboxylic acids is 1. The van der Waals surface area contributed by atoms with Crippen LogP contribution in [-0.4, -0.2) is 21.8 Å². The average molecular weight is 218 g/mol. The maximum atomic E-state index is 10.9. The van der Waals surface area contributed by atoms with Gasteiger partial charge in [-0.15, -0.1) is 0 Å². The zero-order chi connectivity index (χ0) is 11.3. The number of H-pyrrole nitrogens is 1. The van der Waals surface area contributed by atoms with Crippen LogP contribution in [0.4, 0.5) is 0 Å². The summed E-state index contributed by atoms with van der Waals surface area (Å²) in [7, 11) is 0. The molecule has 3 rings (SSSR count). The van der Waals surface area contributed by atoms with Crippen LogP contribution in [0.3, 0.4) is 0 Å². The maximum absolute atomic E-state index is 10.9. The van der Waals surface area contributed by atoms with Crippen LogP contribution >= 0.6 is 0 Å². The highest BCUT2D eigenvalue weighted by Crippen LogP contribution is 2.47. The summed E-state index contributed by atoms with van der Waals surface area (Å²) < 4.78 is 5.08. The molecule has 0 saturated carbocycles. The van der Waals surface area contributed by atoms with Crippen molar-refractivity contribution in [3.05, 3.63) is 36.0 Å². The Kier molecular flexibility index (Phi) is 1.66. The second kappa shape index (κ2) is 2.84. The molecular formula is C11H10N2O3. The molecular weight excluding hydrogens is 208 g/mol. The Labute approximate surface area is 90.8 Å². The lowest BCUT2D eigenvalue weighted by Gasteiger charge is -1.97. The Hall–Kier alpha value is -1.85. The first kappa shape index (κ1) is 9.38. The Morgan fingerprint density at radius 2 is 2.25 bits per heavy atom. The zero-order valence-corrected chi connectivity index (χ0v) is 8.31. The normalized spacial score (nSPS) is 28.2. The number of nitrogens with one attached hydrogen (secondary N) is 1. The summed E-state index contributed by atoms with van der Waals surface area (Å²) in [4.78, 5) is 13.9. The van der Waals surface area contributed by atoms with Crippen LogP contribution in [-0.2, 0) is 9.53 Å². The number of epoxide rings is 1. The van der Waals surface area contributed by atoms with Crippen LogP contribution in [0, 0.1) is 0 Å². The van der Waals surface area contributed by atoms with Gasteiger partial charge in [-0.25, -0.2) is 4.79 Å². The fourth-order valence-corrected chi connectivity index (χ4v) is 1.93. The van der Waals surface area contributed by atoms with Gasteiger partial charge in [0.25, 0.3) is 0 Å². The van der Waals surface area contributed by atoms with E-state index in [1.54, 1.807) is 6.20 Å². The Morgan fingerprint density at radius 1 is 1.50 bits per heavy atom. The summed E-state index contributed by atoms with van der Waals surface area (Å²) in [5, 5.41) is 9.84. The molecule has 1 saturated heterocycles. The molecule has 2 heterocycles. The number of para-hydroxylation sites is 1. The monoisotopic (exact) mass is 218 g/mol. The number of ether oxygens (including phenoxy) is 1. The van der Waals surface area contributed by atoms with Crippen LogP contribution < -0.4 is 5.73 Å². The smallest absolute Gasteiger partial charge is 0.354 e. The standard InChI is InChI=1S/C11H10N2O3/c12-11(10(14)15)9(16-11)7-5-13-8-4-2-1-3-6(7)8/h1-5,9,13H,12H2,(H,14,15)/t9?,11-/m1/s1. The van der Waals surface area contributed by atoms with E-state index < -0.39 is 17.8 Å². The number of benzene rings is 1. The molecule has 1 aliphatic rings. The van der Waals surface area contributed by atoms with Gasteiger partial charge in [0.15, 0.2) is 0 Å². The zero-order valence-electron chi connectivity index (χ0n) is 8.31. The maximum Gasteiger partial charge on any atom is 0.354 e. The number of hydrogen-bond acceptors (Lipinski definition) is 3. The summed E-state index contributed by atoms with van der Waals surface area (Å²) in [6.45, 7) is 0. The van der Waals surface area contributed by atoms with Crippen LogP contribution in [0.1, 0.15) is 11.7 Å². The molecule has 0 spiro atoms. The van der Waals surface area contributed by atoms with Crippen molar-refractivity contribution in [2.45, 2.75) is 11.8 Å². The van der Waals surface area contributed by atoms with E-state index in [0.717, 1.165) is 16.5 Å². The van der Waals surface area contributed by atoms with E-state index in [1.807, 2.05) is 24.3 Å². The van der Waals surface area contributed by atoms with Gasteiger partial charge in [0.1, 0.15) is 6.10 Å². The minimum Gasteiger partial charge on any atom is -0.478 e. The summed E-state index contributed by atoms with van der Waals surface area (Å²) in [5.41, 5.74) is 5.75. The van der Waals surface area contributed by atoms with Crippen molar-refractivity contribution in [1.82, 2.24) is 4.98 Å². The molecule has 0 amide bonds. The highest BCUT2D eigenvalue weighted by atomic mass is 16.6. The van der Waals surface area contributed by atoms with Gasteiger partial charge < -0.3 is 14.8 Å². The lowest BCUT2D eigenvalue weighted by atomic mass is 10.1. The summed E-state index contributed by atoms with van der Waals surface area (Å²) in [5.74, 6) is -1.14. The topological polar surface area (TPSA) is 91.6 Å². The Morgan fingerprint density at radius 3 is 2.94 bits per heavy atom. The molecule has 0 aliphatic carbocycles. The molecule has 1 aromatic heterocycles. The summed E-state index contributed by atoms with van der Waals surface area (Å²) >= 11 is 0. The van der Waals surface area contributed by atoms with E-state index >= 15 is 0 Å². The molecule has 2 atom stereocenters. The van der Waals surface area contributed by atoms with Gasteiger partial charge in [-0.05, 0) is 6.07 Å². The molecule has 0 bridgehead atoms. The number of nitrogens with two attached hydrogens (primary N) is 1. The van der Waals surface area contributed by atoms with Crippen LogP contribution in [0.25, 0.3) is 10.9 Å². The lowest BCUT2D eigenvalue weighted by molar-refractivity contribution is -0.143. The van der Waals surface area contributed by atoms with Gasteiger partial charge in [-0.2, -0.15) is 0 Å². The Bertz CT molecular complexity index is 577. The van der Waals surface area contributed by atoms with Gasteiger partial charge in [-0.1, -0.05) is 18.2 Å². The van der Waals surface area contributed by atoms with E-state index in [-0.39, 0.29) is 0 Å². The van der Waals surface area contributed by atoms with E-state index in [2.05, 4.69) is 4.98 Å². The highest BCUT2D eigenvalue weighted by Gasteiger charge is 2.61. The van der Waals surface area contributed by atoms with Crippen molar-refractivity contribution in [2.75, 3.05) is 0 Å². The van der Waals surface area contributed by atoms with Crippen molar-refractivity contribution in [3.8, 4) is 0 Å². The molecule has 2 aromatic rings. The molecule has 1 fully saturated rings. The molecule has 5 heteroatoms. The minimum absolute atomic E-state index is 0.568. The number of hydrogen-bond donors (Lipinski definition) is 3. The number of carbonyl (C=O) groups is 1. The van der Waals surface area contributed by atoms with Gasteiger partial charge in [-0.3, -0.25) is 5.73 Å². The lowest BCUT2D eigenvalue weighted by Crippen LogP contribution is -2.35. The fraction of sp³-hybridized carbons (Fsp3) is 0.182. The minimum atomic E-state index is -1.56. The van der Waals surface area contributed by atoms with E-state index in [4.69, 9.17) is 15.6 Å². The van der Waals surface area contributed by atoms with Crippen molar-refractivity contribution in [3.63, 3.8) is 0 Å². The Balaban J connectivity index is 2.06. The molecule has 1 aromatic carbocycles. The number of aromatic amines is 1. The quantitative estimate of drug-likeness (QED) is 0.655. The van der Waals surface area contributed by atoms with Crippen molar-refractivity contribution in [1.29, 1.82) is 0 Å². The van der Waals surface area contributed by atoms with E-state index in [1.165, 1.54) is 0 Å². The number of aromatic nitrogens is 1. The first-order valence-corrected chi connectivity index (χ1v) is 4.89. The van der Waals surface area contributed by atoms with Crippen molar-refractivity contribution in [2.24, 2.45) is 5.73 Å². The molecule has 5 nitrogen and oxygen atoms in total. The highest BCUT2D eigenvalue weighted by molar-refractivity contribution is 5.87. The van der Waals surface area contributed by atoms with Crippen molar-refractivity contribution >= 4 is 16.9 Å². The molecule has 0 radical (unpaired) electrons.